The van der Waals surface area contributed by atoms with Crippen molar-refractivity contribution in [1.82, 2.24) is 0 Å². The minimum absolute atomic E-state index is 0. The van der Waals surface area contributed by atoms with E-state index in [-0.39, 0.29) is 42.0 Å². The molecule has 0 spiro atoms. The van der Waals surface area contributed by atoms with Crippen LogP contribution in [-0.4, -0.2) is 17.6 Å². The molecule has 0 aliphatic heterocycles. The molecule has 4 nitrogen and oxygen atoms in total. The molecule has 0 aromatic heterocycles. The molecule has 0 amide bonds. The van der Waals surface area contributed by atoms with Gasteiger partial charge in [-0.2, -0.15) is 0 Å². The molecule has 0 saturated heterocycles. The molecular weight excluding hydrogens is 408 g/mol. The molecule has 6 heteroatoms. The fourth-order valence-corrected chi connectivity index (χ4v) is 2.04. The number of benzene rings is 2. The normalized spacial score (nSPS) is 12.4. The summed E-state index contributed by atoms with van der Waals surface area (Å²) in [4.78, 5) is 4.06. The zero-order valence-electron chi connectivity index (χ0n) is 13.1. The topological polar surface area (TPSA) is 70.6 Å². The molecule has 1 unspecified atom stereocenters. The Morgan fingerprint density at radius 3 is 2.57 bits per heavy atom. The van der Waals surface area contributed by atoms with Crippen LogP contribution in [0.25, 0.3) is 0 Å². The highest BCUT2D eigenvalue weighted by atomic mass is 127. The number of halogens is 2. The zero-order valence-corrected chi connectivity index (χ0v) is 15.4. The molecule has 0 bridgehead atoms. The molecule has 0 aliphatic rings. The predicted molar refractivity (Wildman–Crippen MR) is 103 cm³/mol. The molecule has 2 aromatic rings. The van der Waals surface area contributed by atoms with Gasteiger partial charge in [-0.1, -0.05) is 24.3 Å². The number of hydrogen-bond acceptors (Lipinski definition) is 2. The highest BCUT2D eigenvalue weighted by molar-refractivity contribution is 14.0. The maximum Gasteiger partial charge on any atom is 0.193 e. The second-order valence-electron chi connectivity index (χ2n) is 5.19. The third-order valence-electron chi connectivity index (χ3n) is 3.48. The lowest BCUT2D eigenvalue weighted by Gasteiger charge is -2.11. The monoisotopic (exact) mass is 429 g/mol. The lowest BCUT2D eigenvalue weighted by Crippen LogP contribution is -2.23. The minimum atomic E-state index is -1.03. The number of rotatable bonds is 4. The van der Waals surface area contributed by atoms with Gasteiger partial charge in [0.2, 0.25) is 0 Å². The Hall–Kier alpha value is -1.67. The van der Waals surface area contributed by atoms with Crippen LogP contribution < -0.4 is 11.1 Å². The SMILES string of the molecule is Cc1ccc(NC(N)=NCC(O)c2ccccc2F)cc1C.I. The average Bonchev–Trinajstić information content (AvgIpc) is 2.49. The number of aryl methyl sites for hydroxylation is 2. The molecule has 23 heavy (non-hydrogen) atoms. The van der Waals surface area contributed by atoms with E-state index in [2.05, 4.69) is 10.3 Å². The molecular formula is C17H21FIN3O. The van der Waals surface area contributed by atoms with Gasteiger partial charge in [0.15, 0.2) is 5.96 Å². The van der Waals surface area contributed by atoms with E-state index in [9.17, 15) is 9.50 Å². The largest absolute Gasteiger partial charge is 0.386 e. The van der Waals surface area contributed by atoms with Crippen molar-refractivity contribution in [3.8, 4) is 0 Å². The van der Waals surface area contributed by atoms with Gasteiger partial charge in [0, 0.05) is 11.3 Å². The number of aliphatic hydroxyl groups excluding tert-OH is 1. The van der Waals surface area contributed by atoms with Gasteiger partial charge < -0.3 is 16.2 Å². The molecule has 0 radical (unpaired) electrons. The minimum Gasteiger partial charge on any atom is -0.386 e. The van der Waals surface area contributed by atoms with Gasteiger partial charge in [-0.3, -0.25) is 4.99 Å². The molecule has 4 N–H and O–H groups in total. The molecule has 124 valence electrons. The predicted octanol–water partition coefficient (Wildman–Crippen LogP) is 3.52. The molecule has 1 atom stereocenters. The van der Waals surface area contributed by atoms with E-state index >= 15 is 0 Å². The maximum absolute atomic E-state index is 13.5. The summed E-state index contributed by atoms with van der Waals surface area (Å²) in [5.41, 5.74) is 9.16. The van der Waals surface area contributed by atoms with Gasteiger partial charge in [0.25, 0.3) is 0 Å². The number of aliphatic imine (C=N–C) groups is 1. The summed E-state index contributed by atoms with van der Waals surface area (Å²) < 4.78 is 13.5. The maximum atomic E-state index is 13.5. The number of aliphatic hydroxyl groups is 1. The van der Waals surface area contributed by atoms with E-state index in [1.54, 1.807) is 12.1 Å². The van der Waals surface area contributed by atoms with Crippen LogP contribution in [0.15, 0.2) is 47.5 Å². The Balaban J connectivity index is 0.00000264. The Bertz CT molecular complexity index is 691. The lowest BCUT2D eigenvalue weighted by molar-refractivity contribution is 0.182. The van der Waals surface area contributed by atoms with Crippen molar-refractivity contribution in [3.63, 3.8) is 0 Å². The second-order valence-corrected chi connectivity index (χ2v) is 5.19. The fraction of sp³-hybridized carbons (Fsp3) is 0.235. The van der Waals surface area contributed by atoms with E-state index in [1.165, 1.54) is 17.7 Å². The van der Waals surface area contributed by atoms with Crippen molar-refractivity contribution in [2.45, 2.75) is 20.0 Å². The third-order valence-corrected chi connectivity index (χ3v) is 3.48. The summed E-state index contributed by atoms with van der Waals surface area (Å²) in [6, 6.07) is 11.9. The van der Waals surface area contributed by atoms with Crippen molar-refractivity contribution >= 4 is 35.6 Å². The first kappa shape index (κ1) is 19.4. The molecule has 2 aromatic carbocycles. The average molecular weight is 429 g/mol. The number of nitrogens with one attached hydrogen (secondary N) is 1. The van der Waals surface area contributed by atoms with Crippen LogP contribution in [0.3, 0.4) is 0 Å². The van der Waals surface area contributed by atoms with E-state index in [1.807, 2.05) is 32.0 Å². The van der Waals surface area contributed by atoms with Crippen LogP contribution in [0.5, 0.6) is 0 Å². The van der Waals surface area contributed by atoms with Crippen molar-refractivity contribution < 1.29 is 9.50 Å². The first-order valence-corrected chi connectivity index (χ1v) is 7.04. The van der Waals surface area contributed by atoms with Crippen LogP contribution >= 0.6 is 24.0 Å². The smallest absolute Gasteiger partial charge is 0.193 e. The molecule has 0 fully saturated rings. The van der Waals surface area contributed by atoms with Gasteiger partial charge in [0.1, 0.15) is 11.9 Å². The number of nitrogens with two attached hydrogens (primary N) is 1. The molecule has 0 heterocycles. The van der Waals surface area contributed by atoms with E-state index in [4.69, 9.17) is 5.73 Å². The van der Waals surface area contributed by atoms with Crippen LogP contribution in [0.2, 0.25) is 0 Å². The number of anilines is 1. The van der Waals surface area contributed by atoms with E-state index < -0.39 is 11.9 Å². The summed E-state index contributed by atoms with van der Waals surface area (Å²) in [6.45, 7) is 4.03. The van der Waals surface area contributed by atoms with Crippen LogP contribution in [0.1, 0.15) is 22.8 Å². The van der Waals surface area contributed by atoms with Crippen LogP contribution in [-0.2, 0) is 0 Å². The summed E-state index contributed by atoms with van der Waals surface area (Å²) in [7, 11) is 0. The Morgan fingerprint density at radius 2 is 1.91 bits per heavy atom. The van der Waals surface area contributed by atoms with E-state index in [0.29, 0.717) is 0 Å². The quantitative estimate of drug-likeness (QED) is 0.396. The highest BCUT2D eigenvalue weighted by Gasteiger charge is 2.11. The summed E-state index contributed by atoms with van der Waals surface area (Å²) in [5, 5.41) is 12.9. The summed E-state index contributed by atoms with van der Waals surface area (Å²) in [5.74, 6) is -0.274. The van der Waals surface area contributed by atoms with Crippen LogP contribution in [0.4, 0.5) is 10.1 Å². The van der Waals surface area contributed by atoms with Crippen molar-refractivity contribution in [2.75, 3.05) is 11.9 Å². The molecule has 0 aliphatic carbocycles. The third kappa shape index (κ3) is 5.47. The summed E-state index contributed by atoms with van der Waals surface area (Å²) in [6.07, 6.45) is -1.03. The zero-order chi connectivity index (χ0) is 16.1. The van der Waals surface area contributed by atoms with Gasteiger partial charge in [-0.05, 0) is 43.2 Å². The fourth-order valence-electron chi connectivity index (χ4n) is 2.04. The van der Waals surface area contributed by atoms with Gasteiger partial charge >= 0.3 is 0 Å². The van der Waals surface area contributed by atoms with Crippen LogP contribution in [0, 0.1) is 19.7 Å². The molecule has 0 saturated carbocycles. The van der Waals surface area contributed by atoms with Gasteiger partial charge in [-0.25, -0.2) is 4.39 Å². The Morgan fingerprint density at radius 1 is 1.22 bits per heavy atom. The second kappa shape index (κ2) is 8.83. The first-order valence-electron chi connectivity index (χ1n) is 7.04. The number of hydrogen-bond donors (Lipinski definition) is 3. The first-order chi connectivity index (χ1) is 10.5. The summed E-state index contributed by atoms with van der Waals surface area (Å²) >= 11 is 0. The Kier molecular flexibility index (Phi) is 7.44. The van der Waals surface area contributed by atoms with Crippen molar-refractivity contribution in [3.05, 3.63) is 65.0 Å². The highest BCUT2D eigenvalue weighted by Crippen LogP contribution is 2.17. The van der Waals surface area contributed by atoms with Gasteiger partial charge in [-0.15, -0.1) is 24.0 Å². The van der Waals surface area contributed by atoms with Crippen molar-refractivity contribution in [2.24, 2.45) is 10.7 Å². The molecule has 2 rings (SSSR count). The lowest BCUT2D eigenvalue weighted by atomic mass is 10.1. The number of nitrogens with zero attached hydrogens (tertiary/aromatic N) is 1. The van der Waals surface area contributed by atoms with Crippen molar-refractivity contribution in [1.29, 1.82) is 0 Å². The Labute approximate surface area is 152 Å². The standard InChI is InChI=1S/C17H20FN3O.HI/c1-11-7-8-13(9-12(11)2)21-17(19)20-10-16(22)14-5-3-4-6-15(14)18;/h3-9,16,22H,10H2,1-2H3,(H3,19,20,21);1H. The number of guanidine groups is 1. The van der Waals surface area contributed by atoms with E-state index in [0.717, 1.165) is 11.3 Å². The van der Waals surface area contributed by atoms with Gasteiger partial charge in [0.05, 0.1) is 6.54 Å².